The highest BCUT2D eigenvalue weighted by molar-refractivity contribution is 8.04. The maximum atomic E-state index is 14.4. The molecule has 208 valence electrons. The Bertz CT molecular complexity index is 1160. The molecule has 2 unspecified atom stereocenters. The summed E-state index contributed by atoms with van der Waals surface area (Å²) in [6.45, 7) is 0.985. The fourth-order valence-electron chi connectivity index (χ4n) is 5.91. The molecule has 5 rings (SSSR count). The highest BCUT2D eigenvalue weighted by atomic mass is 32.2. The summed E-state index contributed by atoms with van der Waals surface area (Å²) in [5.74, 6) is 0.748. The van der Waals surface area contributed by atoms with Crippen LogP contribution in [-0.2, 0) is 11.3 Å². The van der Waals surface area contributed by atoms with Crippen LogP contribution in [0.4, 0.5) is 4.39 Å². The van der Waals surface area contributed by atoms with Gasteiger partial charge >= 0.3 is 0 Å². The summed E-state index contributed by atoms with van der Waals surface area (Å²) in [5, 5.41) is 4.18. The van der Waals surface area contributed by atoms with Gasteiger partial charge in [0.2, 0.25) is 0 Å². The first kappa shape index (κ1) is 28.3. The molecule has 1 aliphatic heterocycles. The average Bonchev–Trinajstić information content (AvgIpc) is 2.97. The average molecular weight is 567 g/mol. The molecule has 0 spiro atoms. The van der Waals surface area contributed by atoms with Gasteiger partial charge in [0.15, 0.2) is 0 Å². The third-order valence-corrected chi connectivity index (χ3v) is 11.0. The lowest BCUT2D eigenvalue weighted by Gasteiger charge is -2.44. The minimum Gasteiger partial charge on any atom is -0.352 e. The van der Waals surface area contributed by atoms with Crippen molar-refractivity contribution in [2.45, 2.75) is 87.3 Å². The zero-order chi connectivity index (χ0) is 27.0. The zero-order valence-electron chi connectivity index (χ0n) is 22.6. The van der Waals surface area contributed by atoms with Gasteiger partial charge in [-0.15, -0.1) is 11.8 Å². The lowest BCUT2D eigenvalue weighted by molar-refractivity contribution is -0.130. The first-order valence-corrected chi connectivity index (χ1v) is 16.4. The van der Waals surface area contributed by atoms with Crippen LogP contribution in [0.15, 0.2) is 53.4 Å². The molecule has 1 saturated heterocycles. The molecule has 2 atom stereocenters. The number of amides is 2. The number of carbonyl (C=O) groups is 2. The van der Waals surface area contributed by atoms with E-state index in [2.05, 4.69) is 17.1 Å². The van der Waals surface area contributed by atoms with Crippen LogP contribution < -0.4 is 5.32 Å². The molecule has 0 bridgehead atoms. The van der Waals surface area contributed by atoms with Gasteiger partial charge < -0.3 is 10.2 Å². The Morgan fingerprint density at radius 1 is 1.00 bits per heavy atom. The number of thioether (sulfide) groups is 2. The number of carbonyl (C=O) groups excluding carboxylic acids is 2. The molecule has 0 aromatic heterocycles. The molecule has 2 aromatic rings. The van der Waals surface area contributed by atoms with Gasteiger partial charge in [0.1, 0.15) is 5.82 Å². The molecule has 7 heteroatoms. The largest absolute Gasteiger partial charge is 0.352 e. The van der Waals surface area contributed by atoms with Crippen molar-refractivity contribution in [3.05, 3.63) is 75.9 Å². The Labute approximate surface area is 240 Å². The monoisotopic (exact) mass is 566 g/mol. The van der Waals surface area contributed by atoms with Crippen LogP contribution in [0.3, 0.4) is 0 Å². The van der Waals surface area contributed by atoms with Crippen LogP contribution in [0.5, 0.6) is 0 Å². The molecule has 3 aliphatic rings. The van der Waals surface area contributed by atoms with Crippen molar-refractivity contribution >= 4 is 41.4 Å². The standard InChI is InChI=1S/C32H39FN2O2S2/c33-27-12-5-4-9-25(27)22-35-28-13-6-7-14-29(28)39-30(32(35)37)21-23-15-17-24(18-16-23)31(36)34-19-8-20-38-26-10-2-1-3-11-26/h4-5,9,12,15-18,21,26,28-29H,1-3,6-8,10-11,13-14,19-20,22H2,(H,34,36)/b30-21-. The first-order valence-electron chi connectivity index (χ1n) is 14.5. The van der Waals surface area contributed by atoms with Crippen molar-refractivity contribution in [1.29, 1.82) is 0 Å². The number of hydrogen-bond donors (Lipinski definition) is 1. The molecule has 2 aromatic carbocycles. The lowest BCUT2D eigenvalue weighted by atomic mass is 9.92. The maximum absolute atomic E-state index is 14.4. The summed E-state index contributed by atoms with van der Waals surface area (Å²) in [4.78, 5) is 28.8. The molecule has 39 heavy (non-hydrogen) atoms. The predicted octanol–water partition coefficient (Wildman–Crippen LogP) is 7.44. The normalized spacial score (nSPS) is 23.1. The Morgan fingerprint density at radius 2 is 1.74 bits per heavy atom. The Hall–Kier alpha value is -2.25. The van der Waals surface area contributed by atoms with Gasteiger partial charge in [-0.3, -0.25) is 9.59 Å². The van der Waals surface area contributed by atoms with Gasteiger partial charge in [0.05, 0.1) is 4.91 Å². The minimum absolute atomic E-state index is 0.0284. The van der Waals surface area contributed by atoms with Gasteiger partial charge in [-0.05, 0) is 67.7 Å². The van der Waals surface area contributed by atoms with E-state index in [0.717, 1.165) is 48.7 Å². The molecular weight excluding hydrogens is 527 g/mol. The van der Waals surface area contributed by atoms with Crippen LogP contribution in [-0.4, -0.2) is 45.6 Å². The number of halogens is 1. The summed E-state index contributed by atoms with van der Waals surface area (Å²) in [7, 11) is 0. The summed E-state index contributed by atoms with van der Waals surface area (Å²) in [6, 6.07) is 14.3. The fraction of sp³-hybridized carbons (Fsp3) is 0.500. The van der Waals surface area contributed by atoms with Crippen LogP contribution in [0.2, 0.25) is 0 Å². The van der Waals surface area contributed by atoms with Crippen molar-refractivity contribution in [2.24, 2.45) is 0 Å². The lowest BCUT2D eigenvalue weighted by Crippen LogP contribution is -2.50. The van der Waals surface area contributed by atoms with E-state index in [-0.39, 0.29) is 23.7 Å². The summed E-state index contributed by atoms with van der Waals surface area (Å²) < 4.78 is 14.4. The Balaban J connectivity index is 1.18. The summed E-state index contributed by atoms with van der Waals surface area (Å²) in [6.07, 6.45) is 14.0. The maximum Gasteiger partial charge on any atom is 0.260 e. The summed E-state index contributed by atoms with van der Waals surface area (Å²) in [5.41, 5.74) is 2.09. The number of nitrogens with one attached hydrogen (secondary N) is 1. The fourth-order valence-corrected chi connectivity index (χ4v) is 8.70. The van der Waals surface area contributed by atoms with E-state index >= 15 is 0 Å². The number of nitrogens with zero attached hydrogens (tertiary/aromatic N) is 1. The number of rotatable bonds is 9. The van der Waals surface area contributed by atoms with Gasteiger partial charge in [0.25, 0.3) is 11.8 Å². The van der Waals surface area contributed by atoms with Crippen molar-refractivity contribution in [3.8, 4) is 0 Å². The molecule has 2 aliphatic carbocycles. The molecule has 2 amide bonds. The van der Waals surface area contributed by atoms with E-state index in [1.54, 1.807) is 23.9 Å². The molecule has 1 N–H and O–H groups in total. The van der Waals surface area contributed by atoms with Crippen LogP contribution >= 0.6 is 23.5 Å². The second-order valence-electron chi connectivity index (χ2n) is 10.9. The van der Waals surface area contributed by atoms with E-state index in [4.69, 9.17) is 0 Å². The topological polar surface area (TPSA) is 49.4 Å². The molecule has 2 saturated carbocycles. The Kier molecular flexibility index (Phi) is 10.1. The smallest absolute Gasteiger partial charge is 0.260 e. The predicted molar refractivity (Wildman–Crippen MR) is 161 cm³/mol. The van der Waals surface area contributed by atoms with Crippen LogP contribution in [0.25, 0.3) is 6.08 Å². The third-order valence-electron chi connectivity index (χ3n) is 8.10. The van der Waals surface area contributed by atoms with Crippen molar-refractivity contribution in [1.82, 2.24) is 10.2 Å². The molecule has 0 radical (unpaired) electrons. The van der Waals surface area contributed by atoms with Gasteiger partial charge in [-0.25, -0.2) is 4.39 Å². The highest BCUT2D eigenvalue weighted by Crippen LogP contribution is 2.43. The quantitative estimate of drug-likeness (QED) is 0.253. The zero-order valence-corrected chi connectivity index (χ0v) is 24.2. The van der Waals surface area contributed by atoms with Crippen molar-refractivity contribution in [3.63, 3.8) is 0 Å². The van der Waals surface area contributed by atoms with E-state index < -0.39 is 0 Å². The number of fused-ring (bicyclic) bond motifs is 1. The van der Waals surface area contributed by atoms with Gasteiger partial charge in [0, 0.05) is 40.8 Å². The van der Waals surface area contributed by atoms with Gasteiger partial charge in [-0.1, -0.05) is 62.4 Å². The SMILES string of the molecule is O=C(NCCCSC1CCCCC1)c1ccc(/C=C2\SC3CCCCC3N(Cc3ccccc3F)C2=O)cc1. The van der Waals surface area contributed by atoms with E-state index in [1.807, 2.05) is 41.3 Å². The van der Waals surface area contributed by atoms with Gasteiger partial charge in [-0.2, -0.15) is 11.8 Å². The van der Waals surface area contributed by atoms with Crippen molar-refractivity contribution < 1.29 is 14.0 Å². The minimum atomic E-state index is -0.266. The van der Waals surface area contributed by atoms with E-state index in [0.29, 0.717) is 34.4 Å². The second kappa shape index (κ2) is 13.9. The molecule has 1 heterocycles. The summed E-state index contributed by atoms with van der Waals surface area (Å²) >= 11 is 3.73. The first-order chi connectivity index (χ1) is 19.1. The molecular formula is C32H39FN2O2S2. The van der Waals surface area contributed by atoms with E-state index in [9.17, 15) is 14.0 Å². The Morgan fingerprint density at radius 3 is 2.54 bits per heavy atom. The number of benzene rings is 2. The van der Waals surface area contributed by atoms with Crippen molar-refractivity contribution in [2.75, 3.05) is 12.3 Å². The van der Waals surface area contributed by atoms with Crippen LogP contribution in [0.1, 0.15) is 85.7 Å². The number of hydrogen-bond acceptors (Lipinski definition) is 4. The van der Waals surface area contributed by atoms with E-state index in [1.165, 1.54) is 38.2 Å². The highest BCUT2D eigenvalue weighted by Gasteiger charge is 2.40. The van der Waals surface area contributed by atoms with Crippen LogP contribution in [0, 0.1) is 5.82 Å². The third kappa shape index (κ3) is 7.49. The molecule has 4 nitrogen and oxygen atoms in total. The molecule has 3 fully saturated rings. The second-order valence-corrected chi connectivity index (χ2v) is 13.6.